The van der Waals surface area contributed by atoms with Crippen LogP contribution in [-0.4, -0.2) is 32.6 Å². The van der Waals surface area contributed by atoms with Gasteiger partial charge in [0.1, 0.15) is 12.4 Å². The number of nitrogens with zero attached hydrogens (tertiary/aromatic N) is 1. The summed E-state index contributed by atoms with van der Waals surface area (Å²) in [6.45, 7) is 2.69. The Morgan fingerprint density at radius 2 is 2.12 bits per heavy atom. The number of hydrogen-bond acceptors (Lipinski definition) is 3. The molecule has 0 aliphatic rings. The van der Waals surface area contributed by atoms with Gasteiger partial charge in [0.2, 0.25) is 0 Å². The second kappa shape index (κ2) is 6.23. The molecule has 4 heteroatoms. The van der Waals surface area contributed by atoms with Crippen LogP contribution in [0.3, 0.4) is 0 Å². The average Bonchev–Trinajstić information content (AvgIpc) is 2.27. The number of para-hydroxylation sites is 1. The fourth-order valence-corrected chi connectivity index (χ4v) is 1.50. The highest BCUT2D eigenvalue weighted by Gasteiger charge is 2.12. The first-order valence-electron chi connectivity index (χ1n) is 5.19. The summed E-state index contributed by atoms with van der Waals surface area (Å²) in [5.74, 6) is -0.373. The van der Waals surface area contributed by atoms with Crippen molar-refractivity contribution in [2.45, 2.75) is 6.92 Å². The molecular formula is C12H16FNO2. The van der Waals surface area contributed by atoms with Gasteiger partial charge in [0.15, 0.2) is 5.78 Å². The van der Waals surface area contributed by atoms with Crippen molar-refractivity contribution in [1.29, 1.82) is 0 Å². The first kappa shape index (κ1) is 12.6. The minimum Gasteiger partial charge on any atom is -0.377 e. The Morgan fingerprint density at radius 1 is 1.44 bits per heavy atom. The Labute approximate surface area is 94.8 Å². The molecule has 1 aromatic rings. The number of halogens is 1. The summed E-state index contributed by atoms with van der Waals surface area (Å²) in [7, 11) is 1.47. The lowest BCUT2D eigenvalue weighted by Gasteiger charge is -2.22. The lowest BCUT2D eigenvalue weighted by molar-refractivity contribution is -0.121. The molecule has 0 aromatic heterocycles. The highest BCUT2D eigenvalue weighted by Crippen LogP contribution is 2.17. The minimum absolute atomic E-state index is 0.0605. The van der Waals surface area contributed by atoms with Crippen LogP contribution in [0.5, 0.6) is 0 Å². The van der Waals surface area contributed by atoms with Crippen molar-refractivity contribution < 1.29 is 13.9 Å². The lowest BCUT2D eigenvalue weighted by Crippen LogP contribution is -2.32. The molecule has 0 heterocycles. The van der Waals surface area contributed by atoms with Gasteiger partial charge in [0, 0.05) is 13.7 Å². The van der Waals surface area contributed by atoms with E-state index in [1.165, 1.54) is 13.2 Å². The normalized spacial score (nSPS) is 10.2. The molecule has 0 saturated carbocycles. The largest absolute Gasteiger partial charge is 0.377 e. The smallest absolute Gasteiger partial charge is 0.177 e. The molecule has 0 unspecified atom stereocenters. The van der Waals surface area contributed by atoms with Gasteiger partial charge in [0.05, 0.1) is 12.2 Å². The van der Waals surface area contributed by atoms with E-state index in [1.54, 1.807) is 23.1 Å². The zero-order valence-corrected chi connectivity index (χ0v) is 9.57. The van der Waals surface area contributed by atoms with Crippen LogP contribution >= 0.6 is 0 Å². The third-order valence-corrected chi connectivity index (χ3v) is 2.25. The second-order valence-electron chi connectivity index (χ2n) is 3.44. The number of carbonyl (C=O) groups excluding carboxylic acids is 1. The molecule has 0 saturated heterocycles. The van der Waals surface area contributed by atoms with Gasteiger partial charge in [-0.1, -0.05) is 12.1 Å². The van der Waals surface area contributed by atoms with Crippen LogP contribution in [0.4, 0.5) is 10.1 Å². The third-order valence-electron chi connectivity index (χ3n) is 2.25. The molecule has 0 atom stereocenters. The van der Waals surface area contributed by atoms with Crippen LogP contribution in [0.2, 0.25) is 0 Å². The minimum atomic E-state index is -0.311. The monoisotopic (exact) mass is 225 g/mol. The molecule has 1 aromatic carbocycles. The van der Waals surface area contributed by atoms with Crippen LogP contribution < -0.4 is 4.90 Å². The number of hydrogen-bond donors (Lipinski definition) is 0. The molecular weight excluding hydrogens is 209 g/mol. The molecule has 0 fully saturated rings. The maximum absolute atomic E-state index is 13.5. The van der Waals surface area contributed by atoms with Crippen LogP contribution in [-0.2, 0) is 9.53 Å². The first-order valence-corrected chi connectivity index (χ1v) is 5.19. The molecule has 1 rings (SSSR count). The highest BCUT2D eigenvalue weighted by atomic mass is 19.1. The van der Waals surface area contributed by atoms with Crippen molar-refractivity contribution in [3.8, 4) is 0 Å². The summed E-state index contributed by atoms with van der Waals surface area (Å²) >= 11 is 0. The number of ketones is 1. The van der Waals surface area contributed by atoms with Crippen LogP contribution in [0, 0.1) is 5.82 Å². The average molecular weight is 225 g/mol. The molecule has 16 heavy (non-hydrogen) atoms. The van der Waals surface area contributed by atoms with Gasteiger partial charge in [-0.2, -0.15) is 0 Å². The number of methoxy groups -OCH3 is 1. The Morgan fingerprint density at radius 3 is 2.69 bits per heavy atom. The van der Waals surface area contributed by atoms with Crippen LogP contribution in [0.15, 0.2) is 24.3 Å². The molecule has 88 valence electrons. The Hall–Kier alpha value is -1.42. The number of rotatable bonds is 6. The van der Waals surface area contributed by atoms with E-state index in [2.05, 4.69) is 0 Å². The van der Waals surface area contributed by atoms with Gasteiger partial charge in [-0.15, -0.1) is 0 Å². The number of ether oxygens (including phenoxy) is 1. The first-order chi connectivity index (χ1) is 7.69. The highest BCUT2D eigenvalue weighted by molar-refractivity contribution is 5.84. The third kappa shape index (κ3) is 3.31. The van der Waals surface area contributed by atoms with Crippen molar-refractivity contribution in [2.24, 2.45) is 0 Å². The van der Waals surface area contributed by atoms with Crippen molar-refractivity contribution in [3.63, 3.8) is 0 Å². The topological polar surface area (TPSA) is 29.5 Å². The summed E-state index contributed by atoms with van der Waals surface area (Å²) in [5, 5.41) is 0. The lowest BCUT2D eigenvalue weighted by atomic mass is 10.2. The number of Topliss-reactive ketones (excluding diaryl/α,β-unsaturated/α-hetero) is 1. The molecule has 0 amide bonds. The van der Waals surface area contributed by atoms with Crippen molar-refractivity contribution >= 4 is 11.5 Å². The standard InChI is InChI=1S/C12H16FNO2/c1-3-14(8-10(15)9-16-2)12-7-5-4-6-11(12)13/h4-7H,3,8-9H2,1-2H3. The van der Waals surface area contributed by atoms with Crippen molar-refractivity contribution in [2.75, 3.05) is 31.7 Å². The van der Waals surface area contributed by atoms with Gasteiger partial charge in [-0.25, -0.2) is 4.39 Å². The fourth-order valence-electron chi connectivity index (χ4n) is 1.50. The second-order valence-corrected chi connectivity index (χ2v) is 3.44. The molecule has 0 aliphatic heterocycles. The summed E-state index contributed by atoms with van der Waals surface area (Å²) in [6.07, 6.45) is 0. The molecule has 3 nitrogen and oxygen atoms in total. The van der Waals surface area contributed by atoms with Gasteiger partial charge in [-0.3, -0.25) is 4.79 Å². The summed E-state index contributed by atoms with van der Waals surface area (Å²) in [5.41, 5.74) is 0.453. The van der Waals surface area contributed by atoms with E-state index in [9.17, 15) is 9.18 Å². The quantitative estimate of drug-likeness (QED) is 0.740. The summed E-state index contributed by atoms with van der Waals surface area (Å²) in [6, 6.07) is 6.43. The number of benzene rings is 1. The number of carbonyl (C=O) groups is 1. The van der Waals surface area contributed by atoms with E-state index in [-0.39, 0.29) is 24.8 Å². The van der Waals surface area contributed by atoms with Crippen molar-refractivity contribution in [3.05, 3.63) is 30.1 Å². The van der Waals surface area contributed by atoms with E-state index < -0.39 is 0 Å². The van der Waals surface area contributed by atoms with E-state index in [4.69, 9.17) is 4.74 Å². The molecule has 0 N–H and O–H groups in total. The summed E-state index contributed by atoms with van der Waals surface area (Å²) in [4.78, 5) is 13.1. The summed E-state index contributed by atoms with van der Waals surface area (Å²) < 4.78 is 18.2. The van der Waals surface area contributed by atoms with Gasteiger partial charge in [-0.05, 0) is 19.1 Å². The zero-order valence-electron chi connectivity index (χ0n) is 9.57. The fraction of sp³-hybridized carbons (Fsp3) is 0.417. The van der Waals surface area contributed by atoms with Crippen molar-refractivity contribution in [1.82, 2.24) is 0 Å². The van der Waals surface area contributed by atoms with Crippen LogP contribution in [0.25, 0.3) is 0 Å². The molecule has 0 aliphatic carbocycles. The van der Waals surface area contributed by atoms with E-state index in [0.29, 0.717) is 12.2 Å². The van der Waals surface area contributed by atoms with E-state index in [1.807, 2.05) is 6.92 Å². The van der Waals surface area contributed by atoms with Gasteiger partial charge < -0.3 is 9.64 Å². The van der Waals surface area contributed by atoms with Gasteiger partial charge >= 0.3 is 0 Å². The number of anilines is 1. The Bertz CT molecular complexity index is 355. The molecule has 0 spiro atoms. The number of likely N-dealkylation sites (N-methyl/N-ethyl adjacent to an activating group) is 1. The predicted molar refractivity (Wildman–Crippen MR) is 61.2 cm³/mol. The predicted octanol–water partition coefficient (Wildman–Crippen LogP) is 1.87. The molecule has 0 radical (unpaired) electrons. The maximum Gasteiger partial charge on any atom is 0.177 e. The Kier molecular flexibility index (Phi) is 4.92. The van der Waals surface area contributed by atoms with Gasteiger partial charge in [0.25, 0.3) is 0 Å². The Balaban J connectivity index is 2.75. The van der Waals surface area contributed by atoms with E-state index in [0.717, 1.165) is 0 Å². The maximum atomic E-state index is 13.5. The zero-order chi connectivity index (χ0) is 12.0. The van der Waals surface area contributed by atoms with E-state index >= 15 is 0 Å². The molecule has 0 bridgehead atoms. The SMILES string of the molecule is CCN(CC(=O)COC)c1ccccc1F. The van der Waals surface area contributed by atoms with Crippen LogP contribution in [0.1, 0.15) is 6.92 Å².